The minimum Gasteiger partial charge on any atom is -0.494 e. The molecule has 0 unspecified atom stereocenters. The average Bonchev–Trinajstić information content (AvgIpc) is 2.51. The summed E-state index contributed by atoms with van der Waals surface area (Å²) in [6.07, 6.45) is 0. The van der Waals surface area contributed by atoms with Crippen molar-refractivity contribution in [1.82, 2.24) is 9.13 Å². The number of carbonyl (C=O) groups is 1. The summed E-state index contributed by atoms with van der Waals surface area (Å²) in [4.78, 5) is 39.0. The summed E-state index contributed by atoms with van der Waals surface area (Å²) in [6, 6.07) is 5.85. The third-order valence-electron chi connectivity index (χ3n) is 3.39. The van der Waals surface area contributed by atoms with Crippen molar-refractivity contribution in [2.75, 3.05) is 0 Å². The maximum absolute atomic E-state index is 12.2. The van der Waals surface area contributed by atoms with Gasteiger partial charge in [0, 0.05) is 14.1 Å². The Morgan fingerprint density at radius 3 is 2.43 bits per heavy atom. The first kappa shape index (κ1) is 16.2. The summed E-state index contributed by atoms with van der Waals surface area (Å²) < 4.78 is 1.80. The van der Waals surface area contributed by atoms with Gasteiger partial charge >= 0.3 is 11.7 Å². The second-order valence-electron chi connectivity index (χ2n) is 4.96. The Kier molecular flexibility index (Phi) is 4.17. The molecular formula is C15H15N3O5. The second kappa shape index (κ2) is 5.91. The first-order valence-corrected chi connectivity index (χ1v) is 6.62. The van der Waals surface area contributed by atoms with Crippen molar-refractivity contribution in [2.24, 2.45) is 19.1 Å². The molecule has 1 aromatic heterocycles. The second-order valence-corrected chi connectivity index (χ2v) is 4.96. The highest BCUT2D eigenvalue weighted by molar-refractivity contribution is 6.02. The fourth-order valence-corrected chi connectivity index (χ4v) is 2.11. The maximum atomic E-state index is 12.2. The third kappa shape index (κ3) is 2.91. The standard InChI is InChI=1S/C15H15N3O5/c1-8(16-10-6-4-5-9(7-10)14(21)22)11-12(19)17(2)15(23)18(3)13(11)20/h4-7,19H,1-3H3,(H,21,22). The van der Waals surface area contributed by atoms with Gasteiger partial charge in [0.2, 0.25) is 5.88 Å². The van der Waals surface area contributed by atoms with Gasteiger partial charge in [-0.2, -0.15) is 0 Å². The fourth-order valence-electron chi connectivity index (χ4n) is 2.11. The molecule has 0 atom stereocenters. The van der Waals surface area contributed by atoms with Crippen LogP contribution in [0.2, 0.25) is 0 Å². The molecule has 8 nitrogen and oxygen atoms in total. The highest BCUT2D eigenvalue weighted by atomic mass is 16.4. The maximum Gasteiger partial charge on any atom is 0.335 e. The van der Waals surface area contributed by atoms with Crippen LogP contribution in [0.1, 0.15) is 22.8 Å². The zero-order valence-corrected chi connectivity index (χ0v) is 12.8. The molecule has 0 amide bonds. The van der Waals surface area contributed by atoms with E-state index in [4.69, 9.17) is 5.11 Å². The highest BCUT2D eigenvalue weighted by Gasteiger charge is 2.17. The zero-order valence-electron chi connectivity index (χ0n) is 12.8. The Balaban J connectivity index is 2.64. The van der Waals surface area contributed by atoms with Gasteiger partial charge in [-0.3, -0.25) is 18.9 Å². The van der Waals surface area contributed by atoms with Crippen molar-refractivity contribution in [1.29, 1.82) is 0 Å². The van der Waals surface area contributed by atoms with Gasteiger partial charge in [-0.15, -0.1) is 0 Å². The monoisotopic (exact) mass is 317 g/mol. The largest absolute Gasteiger partial charge is 0.494 e. The number of aromatic carboxylic acids is 1. The number of rotatable bonds is 3. The Hall–Kier alpha value is -3.16. The van der Waals surface area contributed by atoms with Crippen molar-refractivity contribution in [3.05, 3.63) is 56.2 Å². The van der Waals surface area contributed by atoms with Crippen molar-refractivity contribution in [2.45, 2.75) is 6.92 Å². The van der Waals surface area contributed by atoms with E-state index in [1.165, 1.54) is 39.2 Å². The van der Waals surface area contributed by atoms with Crippen molar-refractivity contribution >= 4 is 17.4 Å². The van der Waals surface area contributed by atoms with Gasteiger partial charge in [-0.05, 0) is 25.1 Å². The minimum absolute atomic E-state index is 0.0524. The number of carboxylic acids is 1. The summed E-state index contributed by atoms with van der Waals surface area (Å²) in [5.74, 6) is -1.59. The molecule has 0 radical (unpaired) electrons. The first-order valence-electron chi connectivity index (χ1n) is 6.62. The quantitative estimate of drug-likeness (QED) is 0.806. The van der Waals surface area contributed by atoms with Crippen LogP contribution in [0.3, 0.4) is 0 Å². The molecule has 2 rings (SSSR count). The summed E-state index contributed by atoms with van der Waals surface area (Å²) in [6.45, 7) is 1.49. The normalized spacial score (nSPS) is 11.5. The van der Waals surface area contributed by atoms with E-state index in [0.29, 0.717) is 5.69 Å². The van der Waals surface area contributed by atoms with Crippen LogP contribution in [0.5, 0.6) is 5.88 Å². The molecule has 0 aliphatic carbocycles. The van der Waals surface area contributed by atoms with Crippen LogP contribution in [-0.2, 0) is 14.1 Å². The molecule has 0 bridgehead atoms. The van der Waals surface area contributed by atoms with Crippen molar-refractivity contribution < 1.29 is 15.0 Å². The van der Waals surface area contributed by atoms with Crippen molar-refractivity contribution in [3.8, 4) is 5.88 Å². The number of hydrogen-bond acceptors (Lipinski definition) is 5. The molecule has 0 aliphatic heterocycles. The number of nitrogens with zero attached hydrogens (tertiary/aromatic N) is 3. The van der Waals surface area contributed by atoms with Gasteiger partial charge in [0.1, 0.15) is 5.56 Å². The topological polar surface area (TPSA) is 114 Å². The Morgan fingerprint density at radius 2 is 1.83 bits per heavy atom. The molecule has 2 aromatic rings. The zero-order chi connectivity index (χ0) is 17.3. The van der Waals surface area contributed by atoms with E-state index < -0.39 is 23.1 Å². The van der Waals surface area contributed by atoms with Gasteiger partial charge in [0.15, 0.2) is 0 Å². The first-order chi connectivity index (χ1) is 10.7. The molecule has 23 heavy (non-hydrogen) atoms. The van der Waals surface area contributed by atoms with E-state index in [1.54, 1.807) is 6.07 Å². The lowest BCUT2D eigenvalue weighted by Crippen LogP contribution is -2.39. The van der Waals surface area contributed by atoms with Crippen LogP contribution in [-0.4, -0.2) is 31.0 Å². The average molecular weight is 317 g/mol. The van der Waals surface area contributed by atoms with Crippen LogP contribution in [0, 0.1) is 0 Å². The smallest absolute Gasteiger partial charge is 0.335 e. The Bertz CT molecular complexity index is 937. The van der Waals surface area contributed by atoms with E-state index in [-0.39, 0.29) is 16.8 Å². The molecule has 0 aliphatic rings. The summed E-state index contributed by atoms with van der Waals surface area (Å²) in [7, 11) is 2.63. The molecule has 1 aromatic carbocycles. The van der Waals surface area contributed by atoms with E-state index in [2.05, 4.69) is 4.99 Å². The lowest BCUT2D eigenvalue weighted by atomic mass is 10.2. The highest BCUT2D eigenvalue weighted by Crippen LogP contribution is 2.18. The number of aromatic nitrogens is 2. The van der Waals surface area contributed by atoms with Crippen LogP contribution in [0.15, 0.2) is 38.8 Å². The minimum atomic E-state index is -1.10. The molecule has 0 spiro atoms. The van der Waals surface area contributed by atoms with Gasteiger partial charge in [-0.25, -0.2) is 9.59 Å². The Morgan fingerprint density at radius 1 is 1.17 bits per heavy atom. The van der Waals surface area contributed by atoms with E-state index >= 15 is 0 Å². The van der Waals surface area contributed by atoms with E-state index in [1.807, 2.05) is 0 Å². The van der Waals surface area contributed by atoms with Crippen LogP contribution >= 0.6 is 0 Å². The summed E-state index contributed by atoms with van der Waals surface area (Å²) in [5, 5.41) is 19.0. The number of carboxylic acid groups (broad SMARTS) is 1. The SMILES string of the molecule is CC(=Nc1cccc(C(=O)O)c1)c1c(O)n(C)c(=O)n(C)c1=O. The molecule has 120 valence electrons. The van der Waals surface area contributed by atoms with Crippen LogP contribution < -0.4 is 11.2 Å². The molecule has 0 fully saturated rings. The fraction of sp³-hybridized carbons (Fsp3) is 0.200. The molecular weight excluding hydrogens is 302 g/mol. The number of aliphatic imine (C=N–C) groups is 1. The van der Waals surface area contributed by atoms with Crippen LogP contribution in [0.25, 0.3) is 0 Å². The van der Waals surface area contributed by atoms with E-state index in [9.17, 15) is 19.5 Å². The number of hydrogen-bond donors (Lipinski definition) is 2. The molecule has 1 heterocycles. The predicted molar refractivity (Wildman–Crippen MR) is 83.9 cm³/mol. The number of aromatic hydroxyl groups is 1. The van der Waals surface area contributed by atoms with E-state index in [0.717, 1.165) is 9.13 Å². The summed E-state index contributed by atoms with van der Waals surface area (Å²) in [5.41, 5.74) is -0.913. The lowest BCUT2D eigenvalue weighted by molar-refractivity contribution is 0.0697. The van der Waals surface area contributed by atoms with Crippen LogP contribution in [0.4, 0.5) is 5.69 Å². The molecule has 8 heteroatoms. The molecule has 0 saturated heterocycles. The van der Waals surface area contributed by atoms with Crippen molar-refractivity contribution in [3.63, 3.8) is 0 Å². The molecule has 0 saturated carbocycles. The summed E-state index contributed by atoms with van der Waals surface area (Å²) >= 11 is 0. The Labute approximate surface area is 130 Å². The van der Waals surface area contributed by atoms with Gasteiger partial charge in [0.05, 0.1) is 17.0 Å². The van der Waals surface area contributed by atoms with Gasteiger partial charge in [-0.1, -0.05) is 6.07 Å². The van der Waals surface area contributed by atoms with Gasteiger partial charge in [0.25, 0.3) is 5.56 Å². The lowest BCUT2D eigenvalue weighted by Gasteiger charge is -2.10. The number of benzene rings is 1. The predicted octanol–water partition coefficient (Wildman–Crippen LogP) is 0.628. The third-order valence-corrected chi connectivity index (χ3v) is 3.39. The van der Waals surface area contributed by atoms with Gasteiger partial charge < -0.3 is 10.2 Å². The molecule has 2 N–H and O–H groups in total.